The van der Waals surface area contributed by atoms with Crippen LogP contribution in [0.1, 0.15) is 23.2 Å². The summed E-state index contributed by atoms with van der Waals surface area (Å²) in [6, 6.07) is 8.85. The molecule has 0 saturated carbocycles. The highest BCUT2D eigenvalue weighted by Gasteiger charge is 2.16. The van der Waals surface area contributed by atoms with Gasteiger partial charge in [0, 0.05) is 25.0 Å². The van der Waals surface area contributed by atoms with Crippen LogP contribution in [0.3, 0.4) is 0 Å². The van der Waals surface area contributed by atoms with Gasteiger partial charge in [0.05, 0.1) is 23.8 Å². The van der Waals surface area contributed by atoms with E-state index in [0.717, 1.165) is 25.1 Å². The Labute approximate surface area is 151 Å². The zero-order chi connectivity index (χ0) is 17.6. The van der Waals surface area contributed by atoms with Crippen LogP contribution >= 0.6 is 11.6 Å². The topological polar surface area (TPSA) is 72.5 Å². The molecule has 1 amide bonds. The summed E-state index contributed by atoms with van der Waals surface area (Å²) in [5.74, 6) is 1.08. The predicted molar refractivity (Wildman–Crippen MR) is 96.8 cm³/mol. The van der Waals surface area contributed by atoms with E-state index in [-0.39, 0.29) is 12.0 Å². The molecular formula is C18H20ClN3O3. The van der Waals surface area contributed by atoms with Gasteiger partial charge in [-0.1, -0.05) is 11.6 Å². The van der Waals surface area contributed by atoms with E-state index in [1.165, 1.54) is 6.20 Å². The minimum absolute atomic E-state index is 0.123. The van der Waals surface area contributed by atoms with Crippen LogP contribution < -0.4 is 15.4 Å². The summed E-state index contributed by atoms with van der Waals surface area (Å²) >= 11 is 6.10. The lowest BCUT2D eigenvalue weighted by atomic mass is 10.2. The number of rotatable bonds is 6. The van der Waals surface area contributed by atoms with Crippen LogP contribution in [0.4, 0.5) is 11.5 Å². The fraction of sp³-hybridized carbons (Fsp3) is 0.333. The summed E-state index contributed by atoms with van der Waals surface area (Å²) in [6.45, 7) is 1.31. The molecule has 7 heteroatoms. The van der Waals surface area contributed by atoms with Crippen molar-refractivity contribution >= 4 is 29.0 Å². The van der Waals surface area contributed by atoms with Crippen molar-refractivity contribution in [2.45, 2.75) is 18.9 Å². The van der Waals surface area contributed by atoms with E-state index in [1.807, 2.05) is 6.07 Å². The lowest BCUT2D eigenvalue weighted by Gasteiger charge is -2.11. The summed E-state index contributed by atoms with van der Waals surface area (Å²) in [5.41, 5.74) is 1.30. The first-order valence-corrected chi connectivity index (χ1v) is 8.50. The van der Waals surface area contributed by atoms with Crippen LogP contribution in [0.15, 0.2) is 36.5 Å². The maximum absolute atomic E-state index is 12.1. The van der Waals surface area contributed by atoms with Crippen molar-refractivity contribution in [2.75, 3.05) is 25.6 Å². The highest BCUT2D eigenvalue weighted by atomic mass is 35.5. The van der Waals surface area contributed by atoms with Gasteiger partial charge in [-0.05, 0) is 43.2 Å². The fourth-order valence-corrected chi connectivity index (χ4v) is 2.87. The normalized spacial score (nSPS) is 16.5. The van der Waals surface area contributed by atoms with Gasteiger partial charge in [0.1, 0.15) is 11.6 Å². The summed E-state index contributed by atoms with van der Waals surface area (Å²) in [6.07, 6.45) is 3.71. The number of pyridine rings is 1. The number of halogens is 1. The maximum atomic E-state index is 12.1. The molecule has 1 fully saturated rings. The number of ether oxygens (including phenoxy) is 2. The second-order valence-electron chi connectivity index (χ2n) is 5.75. The molecule has 132 valence electrons. The van der Waals surface area contributed by atoms with Gasteiger partial charge in [-0.15, -0.1) is 0 Å². The molecule has 2 aromatic rings. The molecular weight excluding hydrogens is 342 g/mol. The molecule has 0 radical (unpaired) electrons. The van der Waals surface area contributed by atoms with E-state index in [0.29, 0.717) is 28.7 Å². The third-order valence-electron chi connectivity index (χ3n) is 3.96. The molecule has 3 rings (SSSR count). The number of hydrogen-bond donors (Lipinski definition) is 2. The van der Waals surface area contributed by atoms with Gasteiger partial charge in [0.15, 0.2) is 0 Å². The number of nitrogens with one attached hydrogen (secondary N) is 2. The molecule has 2 heterocycles. The van der Waals surface area contributed by atoms with Crippen LogP contribution in [0.2, 0.25) is 5.02 Å². The van der Waals surface area contributed by atoms with Crippen molar-refractivity contribution in [1.29, 1.82) is 0 Å². The van der Waals surface area contributed by atoms with Crippen molar-refractivity contribution in [2.24, 2.45) is 0 Å². The Morgan fingerprint density at radius 3 is 2.92 bits per heavy atom. The van der Waals surface area contributed by atoms with Gasteiger partial charge < -0.3 is 20.1 Å². The van der Waals surface area contributed by atoms with E-state index < -0.39 is 0 Å². The molecule has 0 aliphatic carbocycles. The van der Waals surface area contributed by atoms with Crippen molar-refractivity contribution in [1.82, 2.24) is 10.3 Å². The minimum atomic E-state index is -0.151. The molecule has 1 aliphatic heterocycles. The molecule has 25 heavy (non-hydrogen) atoms. The third kappa shape index (κ3) is 4.61. The van der Waals surface area contributed by atoms with Gasteiger partial charge >= 0.3 is 0 Å². The Bertz CT molecular complexity index is 731. The molecule has 0 spiro atoms. The zero-order valence-electron chi connectivity index (χ0n) is 13.9. The smallest absolute Gasteiger partial charge is 0.252 e. The Balaban J connectivity index is 1.57. The lowest BCUT2D eigenvalue weighted by Crippen LogP contribution is -2.31. The van der Waals surface area contributed by atoms with E-state index >= 15 is 0 Å². The number of methoxy groups -OCH3 is 1. The molecule has 1 aliphatic rings. The monoisotopic (exact) mass is 361 g/mol. The Morgan fingerprint density at radius 2 is 2.28 bits per heavy atom. The Kier molecular flexibility index (Phi) is 5.73. The number of hydrogen-bond acceptors (Lipinski definition) is 5. The SMILES string of the molecule is COc1ccc(Nc2ccc(C(=O)NCC3CCCO3)cn2)cc1Cl. The molecule has 0 bridgehead atoms. The number of nitrogens with zero attached hydrogens (tertiary/aromatic N) is 1. The second-order valence-corrected chi connectivity index (χ2v) is 6.16. The Hall–Kier alpha value is -2.31. The first kappa shape index (κ1) is 17.5. The minimum Gasteiger partial charge on any atom is -0.495 e. The van der Waals surface area contributed by atoms with E-state index in [1.54, 1.807) is 31.4 Å². The fourth-order valence-electron chi connectivity index (χ4n) is 2.61. The summed E-state index contributed by atoms with van der Waals surface area (Å²) < 4.78 is 10.6. The average molecular weight is 362 g/mol. The van der Waals surface area contributed by atoms with Crippen LogP contribution in [0.25, 0.3) is 0 Å². The first-order valence-electron chi connectivity index (χ1n) is 8.12. The largest absolute Gasteiger partial charge is 0.495 e. The molecule has 1 aromatic heterocycles. The number of anilines is 2. The zero-order valence-corrected chi connectivity index (χ0v) is 14.7. The van der Waals surface area contributed by atoms with Crippen LogP contribution in [-0.2, 0) is 4.74 Å². The highest BCUT2D eigenvalue weighted by Crippen LogP contribution is 2.28. The first-order chi connectivity index (χ1) is 12.2. The Morgan fingerprint density at radius 1 is 1.40 bits per heavy atom. The number of amides is 1. The van der Waals surface area contributed by atoms with Crippen LogP contribution in [0.5, 0.6) is 5.75 Å². The van der Waals surface area contributed by atoms with Crippen LogP contribution in [0, 0.1) is 0 Å². The number of benzene rings is 1. The quantitative estimate of drug-likeness (QED) is 0.825. The summed E-state index contributed by atoms with van der Waals surface area (Å²) in [4.78, 5) is 16.4. The highest BCUT2D eigenvalue weighted by molar-refractivity contribution is 6.32. The van der Waals surface area contributed by atoms with Crippen molar-refractivity contribution < 1.29 is 14.3 Å². The lowest BCUT2D eigenvalue weighted by molar-refractivity contribution is 0.0857. The molecule has 1 aromatic carbocycles. The molecule has 1 unspecified atom stereocenters. The van der Waals surface area contributed by atoms with Gasteiger partial charge in [-0.3, -0.25) is 4.79 Å². The molecule has 6 nitrogen and oxygen atoms in total. The standard InChI is InChI=1S/C18H20ClN3O3/c1-24-16-6-5-13(9-15(16)19)22-17-7-4-12(10-20-17)18(23)21-11-14-3-2-8-25-14/h4-7,9-10,14H,2-3,8,11H2,1H3,(H,20,22)(H,21,23). The molecule has 1 atom stereocenters. The van der Waals surface area contributed by atoms with Gasteiger partial charge in [-0.25, -0.2) is 4.98 Å². The molecule has 2 N–H and O–H groups in total. The van der Waals surface area contributed by atoms with Crippen molar-refractivity contribution in [3.05, 3.63) is 47.1 Å². The van der Waals surface area contributed by atoms with E-state index in [4.69, 9.17) is 21.1 Å². The van der Waals surface area contributed by atoms with Crippen LogP contribution in [-0.4, -0.2) is 37.3 Å². The third-order valence-corrected chi connectivity index (χ3v) is 4.26. The van der Waals surface area contributed by atoms with E-state index in [9.17, 15) is 4.79 Å². The summed E-state index contributed by atoms with van der Waals surface area (Å²) in [7, 11) is 1.57. The number of carbonyl (C=O) groups is 1. The van der Waals surface area contributed by atoms with Crippen molar-refractivity contribution in [3.8, 4) is 5.75 Å². The number of aromatic nitrogens is 1. The average Bonchev–Trinajstić information content (AvgIpc) is 3.14. The maximum Gasteiger partial charge on any atom is 0.252 e. The molecule has 1 saturated heterocycles. The number of carbonyl (C=O) groups excluding carboxylic acids is 1. The van der Waals surface area contributed by atoms with Gasteiger partial charge in [0.2, 0.25) is 0 Å². The van der Waals surface area contributed by atoms with Gasteiger partial charge in [-0.2, -0.15) is 0 Å². The van der Waals surface area contributed by atoms with E-state index in [2.05, 4.69) is 15.6 Å². The summed E-state index contributed by atoms with van der Waals surface area (Å²) in [5, 5.41) is 6.52. The predicted octanol–water partition coefficient (Wildman–Crippen LogP) is 3.40. The second kappa shape index (κ2) is 8.18. The van der Waals surface area contributed by atoms with Crippen molar-refractivity contribution in [3.63, 3.8) is 0 Å². The van der Waals surface area contributed by atoms with Gasteiger partial charge in [0.25, 0.3) is 5.91 Å².